The van der Waals surface area contributed by atoms with Gasteiger partial charge in [0.05, 0.1) is 0 Å². The van der Waals surface area contributed by atoms with Crippen LogP contribution in [0.25, 0.3) is 11.4 Å². The molecule has 0 aliphatic carbocycles. The van der Waals surface area contributed by atoms with Gasteiger partial charge in [0.1, 0.15) is 0 Å². The van der Waals surface area contributed by atoms with Gasteiger partial charge in [-0.05, 0) is 35.9 Å². The average Bonchev–Trinajstić information content (AvgIpc) is 3.18. The fourth-order valence-corrected chi connectivity index (χ4v) is 2.91. The fraction of sp³-hybridized carbons (Fsp3) is 0.0476. The van der Waals surface area contributed by atoms with Gasteiger partial charge in [0.2, 0.25) is 5.95 Å². The maximum Gasteiger partial charge on any atom is 0.281 e. The molecule has 4 rings (SSSR count). The van der Waals surface area contributed by atoms with Crippen molar-refractivity contribution >= 4 is 23.5 Å². The van der Waals surface area contributed by atoms with E-state index in [9.17, 15) is 4.79 Å². The molecule has 138 valence electrons. The minimum atomic E-state index is -0.273. The van der Waals surface area contributed by atoms with Crippen LogP contribution in [0.1, 0.15) is 15.9 Å². The molecule has 0 amide bonds. The second kappa shape index (κ2) is 8.02. The van der Waals surface area contributed by atoms with Crippen molar-refractivity contribution in [3.63, 3.8) is 0 Å². The van der Waals surface area contributed by atoms with Gasteiger partial charge in [0, 0.05) is 35.1 Å². The Morgan fingerprint density at radius 1 is 1.00 bits per heavy atom. The summed E-state index contributed by atoms with van der Waals surface area (Å²) in [4.78, 5) is 21.6. The summed E-state index contributed by atoms with van der Waals surface area (Å²) in [7, 11) is 0. The van der Waals surface area contributed by atoms with Crippen molar-refractivity contribution in [2.45, 2.75) is 6.54 Å². The highest BCUT2D eigenvalue weighted by Gasteiger charge is 2.18. The molecule has 28 heavy (non-hydrogen) atoms. The summed E-state index contributed by atoms with van der Waals surface area (Å²) in [5.41, 5.74) is 2.14. The smallest absolute Gasteiger partial charge is 0.281 e. The molecule has 0 fully saturated rings. The molecule has 0 aliphatic rings. The average molecular weight is 390 g/mol. The first-order valence-electron chi connectivity index (χ1n) is 8.67. The van der Waals surface area contributed by atoms with Gasteiger partial charge in [0.15, 0.2) is 5.82 Å². The Morgan fingerprint density at radius 2 is 1.79 bits per heavy atom. The van der Waals surface area contributed by atoms with Gasteiger partial charge in [-0.3, -0.25) is 9.78 Å². The number of anilines is 1. The van der Waals surface area contributed by atoms with Crippen LogP contribution in [0, 0.1) is 0 Å². The van der Waals surface area contributed by atoms with E-state index in [1.165, 1.54) is 4.68 Å². The van der Waals surface area contributed by atoms with Gasteiger partial charge in [-0.1, -0.05) is 48.0 Å². The van der Waals surface area contributed by atoms with Gasteiger partial charge >= 0.3 is 0 Å². The molecule has 0 atom stereocenters. The molecular formula is C21H16ClN5O. The van der Waals surface area contributed by atoms with E-state index >= 15 is 0 Å². The summed E-state index contributed by atoms with van der Waals surface area (Å²) in [6.45, 7) is 0.410. The largest absolute Gasteiger partial charge is 0.350 e. The number of nitrogens with zero attached hydrogens (tertiary/aromatic N) is 4. The van der Waals surface area contributed by atoms with Crippen LogP contribution in [-0.4, -0.2) is 25.7 Å². The lowest BCUT2D eigenvalue weighted by Crippen LogP contribution is -2.17. The number of carbonyl (C=O) groups excluding carboxylic acids is 1. The number of aromatic nitrogens is 4. The Labute approximate surface area is 166 Å². The molecule has 0 saturated carbocycles. The third-order valence-corrected chi connectivity index (χ3v) is 4.50. The summed E-state index contributed by atoms with van der Waals surface area (Å²) in [6, 6.07) is 20.1. The Balaban J connectivity index is 1.70. The summed E-state index contributed by atoms with van der Waals surface area (Å²) < 4.78 is 1.27. The lowest BCUT2D eigenvalue weighted by atomic mass is 10.2. The van der Waals surface area contributed by atoms with Crippen molar-refractivity contribution in [3.8, 4) is 11.4 Å². The highest BCUT2D eigenvalue weighted by molar-refractivity contribution is 6.31. The van der Waals surface area contributed by atoms with Gasteiger partial charge < -0.3 is 5.32 Å². The fourth-order valence-electron chi connectivity index (χ4n) is 2.70. The number of carbonyl (C=O) groups is 1. The minimum absolute atomic E-state index is 0.273. The minimum Gasteiger partial charge on any atom is -0.350 e. The number of hydrogen-bond acceptors (Lipinski definition) is 5. The number of benzene rings is 2. The van der Waals surface area contributed by atoms with E-state index in [0.29, 0.717) is 28.9 Å². The van der Waals surface area contributed by atoms with E-state index < -0.39 is 0 Å². The molecule has 0 unspecified atom stereocenters. The standard InChI is InChI=1S/C21H16ClN5O/c22-18-11-5-4-9-16(18)14-24-21-25-19(17-10-6-12-23-13-17)26-27(21)20(28)15-7-2-1-3-8-15/h1-13H,14H2,(H,24,25,26). The Bertz CT molecular complexity index is 1100. The summed E-state index contributed by atoms with van der Waals surface area (Å²) in [5, 5.41) is 8.23. The lowest BCUT2D eigenvalue weighted by molar-refractivity contribution is 0.0947. The van der Waals surface area contributed by atoms with E-state index in [2.05, 4.69) is 20.4 Å². The van der Waals surface area contributed by atoms with Crippen LogP contribution in [0.15, 0.2) is 79.1 Å². The summed E-state index contributed by atoms with van der Waals surface area (Å²) in [5.74, 6) is 0.483. The second-order valence-electron chi connectivity index (χ2n) is 6.03. The van der Waals surface area contributed by atoms with Crippen LogP contribution in [-0.2, 0) is 6.54 Å². The van der Waals surface area contributed by atoms with Crippen LogP contribution in [0.5, 0.6) is 0 Å². The van der Waals surface area contributed by atoms with Crippen molar-refractivity contribution < 1.29 is 4.79 Å². The molecule has 0 bridgehead atoms. The number of halogens is 1. The maximum atomic E-state index is 13.0. The molecule has 0 radical (unpaired) electrons. The van der Waals surface area contributed by atoms with Crippen LogP contribution in [0.2, 0.25) is 5.02 Å². The quantitative estimate of drug-likeness (QED) is 0.551. The molecule has 7 heteroatoms. The van der Waals surface area contributed by atoms with Crippen molar-refractivity contribution in [3.05, 3.63) is 95.3 Å². The first kappa shape index (κ1) is 17.9. The molecule has 6 nitrogen and oxygen atoms in total. The van der Waals surface area contributed by atoms with Crippen LogP contribution >= 0.6 is 11.6 Å². The third kappa shape index (κ3) is 3.77. The number of nitrogens with one attached hydrogen (secondary N) is 1. The SMILES string of the molecule is O=C(c1ccccc1)n1nc(-c2cccnc2)nc1NCc1ccccc1Cl. The molecular weight excluding hydrogens is 374 g/mol. The monoisotopic (exact) mass is 389 g/mol. The summed E-state index contributed by atoms with van der Waals surface area (Å²) in [6.07, 6.45) is 3.33. The predicted octanol–water partition coefficient (Wildman–Crippen LogP) is 4.29. The third-order valence-electron chi connectivity index (χ3n) is 4.13. The predicted molar refractivity (Wildman–Crippen MR) is 108 cm³/mol. The molecule has 0 saturated heterocycles. The first-order valence-corrected chi connectivity index (χ1v) is 9.04. The highest BCUT2D eigenvalue weighted by Crippen LogP contribution is 2.20. The van der Waals surface area contributed by atoms with E-state index in [0.717, 1.165) is 11.1 Å². The van der Waals surface area contributed by atoms with Crippen LogP contribution < -0.4 is 5.32 Å². The van der Waals surface area contributed by atoms with Crippen LogP contribution in [0.4, 0.5) is 5.95 Å². The van der Waals surface area contributed by atoms with Crippen molar-refractivity contribution in [1.29, 1.82) is 0 Å². The number of pyridine rings is 1. The number of hydrogen-bond donors (Lipinski definition) is 1. The molecule has 2 aromatic carbocycles. The summed E-state index contributed by atoms with van der Waals surface area (Å²) >= 11 is 6.23. The zero-order valence-electron chi connectivity index (χ0n) is 14.8. The molecule has 2 aromatic heterocycles. The van der Waals surface area contributed by atoms with Gasteiger partial charge in [-0.25, -0.2) is 0 Å². The van der Waals surface area contributed by atoms with Crippen molar-refractivity contribution in [1.82, 2.24) is 19.7 Å². The van der Waals surface area contributed by atoms with Gasteiger partial charge in [0.25, 0.3) is 5.91 Å². The van der Waals surface area contributed by atoms with E-state index in [-0.39, 0.29) is 5.91 Å². The van der Waals surface area contributed by atoms with E-state index in [1.54, 1.807) is 30.6 Å². The molecule has 4 aromatic rings. The van der Waals surface area contributed by atoms with Crippen molar-refractivity contribution in [2.75, 3.05) is 5.32 Å². The Morgan fingerprint density at radius 3 is 2.54 bits per heavy atom. The zero-order chi connectivity index (χ0) is 19.3. The maximum absolute atomic E-state index is 13.0. The molecule has 0 aliphatic heterocycles. The second-order valence-corrected chi connectivity index (χ2v) is 6.44. The number of rotatable bonds is 5. The van der Waals surface area contributed by atoms with Crippen LogP contribution in [0.3, 0.4) is 0 Å². The Kier molecular flexibility index (Phi) is 5.12. The van der Waals surface area contributed by atoms with Crippen molar-refractivity contribution in [2.24, 2.45) is 0 Å². The van der Waals surface area contributed by atoms with E-state index in [4.69, 9.17) is 11.6 Å². The molecule has 2 heterocycles. The lowest BCUT2D eigenvalue weighted by Gasteiger charge is -2.08. The normalized spacial score (nSPS) is 10.6. The van der Waals surface area contributed by atoms with Gasteiger partial charge in [-0.2, -0.15) is 9.67 Å². The first-order chi connectivity index (χ1) is 13.7. The zero-order valence-corrected chi connectivity index (χ0v) is 15.5. The topological polar surface area (TPSA) is 72.7 Å². The highest BCUT2D eigenvalue weighted by atomic mass is 35.5. The molecule has 0 spiro atoms. The molecule has 1 N–H and O–H groups in total. The van der Waals surface area contributed by atoms with E-state index in [1.807, 2.05) is 48.5 Å². The Hall–Kier alpha value is -3.51. The van der Waals surface area contributed by atoms with Gasteiger partial charge in [-0.15, -0.1) is 5.10 Å².